The molecule has 0 aliphatic carbocycles. The Morgan fingerprint density at radius 1 is 1.14 bits per heavy atom. The minimum Gasteiger partial charge on any atom is -0.497 e. The number of likely N-dealkylation sites (tertiary alicyclic amines) is 1. The van der Waals surface area contributed by atoms with Crippen molar-refractivity contribution in [1.29, 1.82) is 0 Å². The van der Waals surface area contributed by atoms with Crippen LogP contribution in [0.4, 0.5) is 0 Å². The molecule has 0 radical (unpaired) electrons. The van der Waals surface area contributed by atoms with Crippen LogP contribution in [-0.4, -0.2) is 70.6 Å². The molecule has 0 atom stereocenters. The van der Waals surface area contributed by atoms with Crippen LogP contribution in [0.3, 0.4) is 0 Å². The molecule has 1 heterocycles. The number of nitrogens with one attached hydrogen (secondary N) is 1. The van der Waals surface area contributed by atoms with Crippen molar-refractivity contribution in [1.82, 2.24) is 10.2 Å². The number of guanidine groups is 1. The van der Waals surface area contributed by atoms with Crippen LogP contribution in [0.2, 0.25) is 0 Å². The van der Waals surface area contributed by atoms with Crippen molar-refractivity contribution in [3.05, 3.63) is 29.8 Å². The van der Waals surface area contributed by atoms with Crippen LogP contribution in [0.15, 0.2) is 29.3 Å². The van der Waals surface area contributed by atoms with Gasteiger partial charge in [-0.15, -0.1) is 0 Å². The lowest BCUT2D eigenvalue weighted by molar-refractivity contribution is 0.00989. The molecule has 0 spiro atoms. The lowest BCUT2D eigenvalue weighted by Crippen LogP contribution is -2.47. The maximum atomic E-state index is 5.99. The summed E-state index contributed by atoms with van der Waals surface area (Å²) >= 11 is 0. The van der Waals surface area contributed by atoms with Crippen LogP contribution in [0.25, 0.3) is 0 Å². The fourth-order valence-electron chi connectivity index (χ4n) is 3.52. The van der Waals surface area contributed by atoms with Gasteiger partial charge in [0.05, 0.1) is 19.8 Å². The average Bonchev–Trinajstić information content (AvgIpc) is 2.75. The summed E-state index contributed by atoms with van der Waals surface area (Å²) in [5.41, 5.74) is 1.22. The van der Waals surface area contributed by atoms with E-state index in [0.29, 0.717) is 6.10 Å². The molecule has 6 nitrogen and oxygen atoms in total. The summed E-state index contributed by atoms with van der Waals surface area (Å²) in [4.78, 5) is 7.35. The van der Waals surface area contributed by atoms with Gasteiger partial charge >= 0.3 is 0 Å². The normalized spacial score (nSPS) is 16.2. The summed E-state index contributed by atoms with van der Waals surface area (Å²) in [6, 6.07) is 8.30. The van der Waals surface area contributed by atoms with Gasteiger partial charge in [-0.05, 0) is 43.9 Å². The van der Waals surface area contributed by atoms with Gasteiger partial charge in [0.2, 0.25) is 0 Å². The van der Waals surface area contributed by atoms with Gasteiger partial charge in [0.25, 0.3) is 0 Å². The number of aliphatic imine (C=N–C) groups is 1. The summed E-state index contributed by atoms with van der Waals surface area (Å²) in [6.07, 6.45) is 3.39. The van der Waals surface area contributed by atoms with Gasteiger partial charge in [0, 0.05) is 45.4 Å². The first-order valence-corrected chi connectivity index (χ1v) is 10.8. The van der Waals surface area contributed by atoms with Gasteiger partial charge in [0.1, 0.15) is 5.75 Å². The van der Waals surface area contributed by atoms with Crippen molar-refractivity contribution in [3.8, 4) is 5.75 Å². The molecule has 1 fully saturated rings. The SMILES string of the molecule is CCNC(=NCC(C)(C)c1ccc(OC)cc1)N1CCC(OCCCOC)CC1. The van der Waals surface area contributed by atoms with Crippen LogP contribution in [0.1, 0.15) is 45.6 Å². The third kappa shape index (κ3) is 7.52. The molecule has 0 unspecified atom stereocenters. The maximum Gasteiger partial charge on any atom is 0.193 e. The molecule has 29 heavy (non-hydrogen) atoms. The van der Waals surface area contributed by atoms with Crippen molar-refractivity contribution < 1.29 is 14.2 Å². The van der Waals surface area contributed by atoms with Crippen LogP contribution < -0.4 is 10.1 Å². The Morgan fingerprint density at radius 2 is 1.83 bits per heavy atom. The van der Waals surface area contributed by atoms with Crippen LogP contribution >= 0.6 is 0 Å². The highest BCUT2D eigenvalue weighted by Crippen LogP contribution is 2.26. The number of nitrogens with zero attached hydrogens (tertiary/aromatic N) is 2. The van der Waals surface area contributed by atoms with Gasteiger partial charge in [-0.25, -0.2) is 0 Å². The number of rotatable bonds is 10. The highest BCUT2D eigenvalue weighted by Gasteiger charge is 2.24. The molecule has 1 aromatic rings. The molecule has 1 aliphatic heterocycles. The number of hydrogen-bond donors (Lipinski definition) is 1. The molecule has 1 aromatic carbocycles. The van der Waals surface area contributed by atoms with E-state index in [-0.39, 0.29) is 5.41 Å². The summed E-state index contributed by atoms with van der Waals surface area (Å²) in [5.74, 6) is 1.89. The smallest absolute Gasteiger partial charge is 0.193 e. The first-order valence-electron chi connectivity index (χ1n) is 10.8. The molecule has 0 bridgehead atoms. The van der Waals surface area contributed by atoms with E-state index < -0.39 is 0 Å². The van der Waals surface area contributed by atoms with E-state index in [1.165, 1.54) is 5.56 Å². The van der Waals surface area contributed by atoms with Crippen molar-refractivity contribution >= 4 is 5.96 Å². The van der Waals surface area contributed by atoms with E-state index in [1.54, 1.807) is 14.2 Å². The molecular weight excluding hydrogens is 366 g/mol. The Balaban J connectivity index is 1.92. The predicted octanol–water partition coefficient (Wildman–Crippen LogP) is 3.46. The molecule has 0 saturated carbocycles. The van der Waals surface area contributed by atoms with Crippen molar-refractivity contribution in [2.45, 2.75) is 51.6 Å². The topological polar surface area (TPSA) is 55.3 Å². The minimum absolute atomic E-state index is 0.0459. The third-order valence-electron chi connectivity index (χ3n) is 5.42. The average molecular weight is 406 g/mol. The first kappa shape index (κ1) is 23.5. The lowest BCUT2D eigenvalue weighted by Gasteiger charge is -2.35. The molecule has 1 aliphatic rings. The predicted molar refractivity (Wildman–Crippen MR) is 119 cm³/mol. The molecule has 0 amide bonds. The monoisotopic (exact) mass is 405 g/mol. The molecule has 164 valence electrons. The Labute approximate surface area is 176 Å². The summed E-state index contributed by atoms with van der Waals surface area (Å²) in [7, 11) is 3.43. The Bertz CT molecular complexity index is 608. The van der Waals surface area contributed by atoms with Crippen LogP contribution in [0, 0.1) is 0 Å². The van der Waals surface area contributed by atoms with Crippen LogP contribution in [0.5, 0.6) is 5.75 Å². The van der Waals surface area contributed by atoms with Gasteiger partial charge in [-0.3, -0.25) is 4.99 Å². The standard InChI is InChI=1S/C23H39N3O3/c1-6-24-22(26-14-12-21(13-15-26)29-17-7-16-27-4)25-18-23(2,3)19-8-10-20(28-5)11-9-19/h8-11,21H,6-7,12-18H2,1-5H3,(H,24,25). The van der Waals surface area contributed by atoms with Gasteiger partial charge in [0.15, 0.2) is 5.96 Å². The van der Waals surface area contributed by atoms with Crippen LogP contribution in [-0.2, 0) is 14.9 Å². The van der Waals surface area contributed by atoms with Gasteiger partial charge in [-0.1, -0.05) is 26.0 Å². The highest BCUT2D eigenvalue weighted by atomic mass is 16.5. The first-order chi connectivity index (χ1) is 14.0. The summed E-state index contributed by atoms with van der Waals surface area (Å²) in [6.45, 7) is 11.7. The molecule has 1 saturated heterocycles. The number of hydrogen-bond acceptors (Lipinski definition) is 4. The van der Waals surface area contributed by atoms with Crippen molar-refractivity contribution in [2.75, 3.05) is 53.6 Å². The van der Waals surface area contributed by atoms with E-state index in [9.17, 15) is 0 Å². The quantitative estimate of drug-likeness (QED) is 0.367. The third-order valence-corrected chi connectivity index (χ3v) is 5.42. The fourth-order valence-corrected chi connectivity index (χ4v) is 3.52. The van der Waals surface area contributed by atoms with E-state index in [0.717, 1.165) is 70.4 Å². The second-order valence-corrected chi connectivity index (χ2v) is 8.19. The minimum atomic E-state index is -0.0459. The molecule has 2 rings (SSSR count). The van der Waals surface area contributed by atoms with Crippen molar-refractivity contribution in [2.24, 2.45) is 4.99 Å². The Hall–Kier alpha value is -1.79. The number of ether oxygens (including phenoxy) is 3. The van der Waals surface area contributed by atoms with E-state index in [2.05, 4.69) is 43.1 Å². The number of piperidine rings is 1. The zero-order chi connectivity index (χ0) is 21.1. The van der Waals surface area contributed by atoms with E-state index in [1.807, 2.05) is 12.1 Å². The second-order valence-electron chi connectivity index (χ2n) is 8.19. The van der Waals surface area contributed by atoms with E-state index in [4.69, 9.17) is 19.2 Å². The molecular formula is C23H39N3O3. The lowest BCUT2D eigenvalue weighted by atomic mass is 9.85. The second kappa shape index (κ2) is 12.0. The molecule has 6 heteroatoms. The van der Waals surface area contributed by atoms with Gasteiger partial charge < -0.3 is 24.4 Å². The summed E-state index contributed by atoms with van der Waals surface area (Å²) < 4.78 is 16.3. The summed E-state index contributed by atoms with van der Waals surface area (Å²) in [5, 5.41) is 3.47. The maximum absolute atomic E-state index is 5.99. The Morgan fingerprint density at radius 3 is 2.41 bits per heavy atom. The number of methoxy groups -OCH3 is 2. The molecule has 1 N–H and O–H groups in total. The fraction of sp³-hybridized carbons (Fsp3) is 0.696. The van der Waals surface area contributed by atoms with Gasteiger partial charge in [-0.2, -0.15) is 0 Å². The van der Waals surface area contributed by atoms with Crippen molar-refractivity contribution in [3.63, 3.8) is 0 Å². The largest absolute Gasteiger partial charge is 0.497 e. The molecule has 0 aromatic heterocycles. The Kier molecular flexibility index (Phi) is 9.74. The van der Waals surface area contributed by atoms with E-state index >= 15 is 0 Å². The number of benzene rings is 1. The highest BCUT2D eigenvalue weighted by molar-refractivity contribution is 5.80. The zero-order valence-electron chi connectivity index (χ0n) is 18.9. The zero-order valence-corrected chi connectivity index (χ0v) is 18.9.